The van der Waals surface area contributed by atoms with E-state index in [0.717, 1.165) is 19.5 Å². The first kappa shape index (κ1) is 12.1. The SMILES string of the molecule is CC(C)n1ccnc(NC2CCN(C)C2)c1=O. The van der Waals surface area contributed by atoms with Crippen molar-refractivity contribution in [3.05, 3.63) is 22.7 Å². The smallest absolute Gasteiger partial charge is 0.293 e. The molecule has 5 heteroatoms. The lowest BCUT2D eigenvalue weighted by molar-refractivity contribution is 0.414. The van der Waals surface area contributed by atoms with Gasteiger partial charge >= 0.3 is 0 Å². The number of rotatable bonds is 3. The van der Waals surface area contributed by atoms with Gasteiger partial charge in [0.05, 0.1) is 0 Å². The number of anilines is 1. The lowest BCUT2D eigenvalue weighted by Crippen LogP contribution is -2.31. The molecule has 0 radical (unpaired) electrons. The highest BCUT2D eigenvalue weighted by Crippen LogP contribution is 2.10. The van der Waals surface area contributed by atoms with Gasteiger partial charge in [0.2, 0.25) is 0 Å². The van der Waals surface area contributed by atoms with Crippen molar-refractivity contribution in [3.63, 3.8) is 0 Å². The minimum Gasteiger partial charge on any atom is -0.361 e. The van der Waals surface area contributed by atoms with Gasteiger partial charge in [-0.1, -0.05) is 0 Å². The Morgan fingerprint density at radius 3 is 2.88 bits per heavy atom. The highest BCUT2D eigenvalue weighted by Gasteiger charge is 2.20. The zero-order chi connectivity index (χ0) is 12.4. The second-order valence-electron chi connectivity index (χ2n) is 4.97. The van der Waals surface area contributed by atoms with E-state index in [4.69, 9.17) is 0 Å². The summed E-state index contributed by atoms with van der Waals surface area (Å²) in [6, 6.07) is 0.500. The molecule has 0 amide bonds. The zero-order valence-electron chi connectivity index (χ0n) is 10.7. The van der Waals surface area contributed by atoms with Gasteiger partial charge in [-0.25, -0.2) is 4.98 Å². The summed E-state index contributed by atoms with van der Waals surface area (Å²) in [6.45, 7) is 6.03. The summed E-state index contributed by atoms with van der Waals surface area (Å²) in [6.07, 6.45) is 4.48. The fourth-order valence-corrected chi connectivity index (χ4v) is 2.18. The maximum atomic E-state index is 12.1. The number of likely N-dealkylation sites (N-methyl/N-ethyl adjacent to an activating group) is 1. The number of aromatic nitrogens is 2. The largest absolute Gasteiger partial charge is 0.361 e. The minimum atomic E-state index is -0.0305. The van der Waals surface area contributed by atoms with Crippen molar-refractivity contribution in [1.29, 1.82) is 0 Å². The molecule has 0 aromatic carbocycles. The molecule has 2 heterocycles. The number of nitrogens with one attached hydrogen (secondary N) is 1. The molecule has 1 aliphatic heterocycles. The maximum absolute atomic E-state index is 12.1. The molecule has 5 nitrogen and oxygen atoms in total. The van der Waals surface area contributed by atoms with E-state index in [1.54, 1.807) is 17.0 Å². The van der Waals surface area contributed by atoms with Crippen LogP contribution in [0.3, 0.4) is 0 Å². The molecule has 1 aliphatic rings. The molecular formula is C12H20N4O. The third-order valence-electron chi connectivity index (χ3n) is 3.16. The molecule has 0 bridgehead atoms. The Labute approximate surface area is 101 Å². The van der Waals surface area contributed by atoms with Crippen LogP contribution >= 0.6 is 0 Å². The summed E-state index contributed by atoms with van der Waals surface area (Å²) in [7, 11) is 2.09. The molecule has 17 heavy (non-hydrogen) atoms. The second kappa shape index (κ2) is 4.87. The van der Waals surface area contributed by atoms with Crippen LogP contribution in [0.2, 0.25) is 0 Å². The first-order valence-electron chi connectivity index (χ1n) is 6.10. The molecular weight excluding hydrogens is 216 g/mol. The van der Waals surface area contributed by atoms with Crippen molar-refractivity contribution in [2.45, 2.75) is 32.4 Å². The lowest BCUT2D eigenvalue weighted by atomic mass is 10.2. The molecule has 0 spiro atoms. The van der Waals surface area contributed by atoms with Gasteiger partial charge in [-0.15, -0.1) is 0 Å². The highest BCUT2D eigenvalue weighted by atomic mass is 16.1. The van der Waals surface area contributed by atoms with Crippen LogP contribution in [0.25, 0.3) is 0 Å². The summed E-state index contributed by atoms with van der Waals surface area (Å²) >= 11 is 0. The minimum absolute atomic E-state index is 0.0305. The standard InChI is InChI=1S/C12H20N4O/c1-9(2)16-7-5-13-11(12(16)17)14-10-4-6-15(3)8-10/h5,7,9-10H,4,6,8H2,1-3H3,(H,13,14). The number of nitrogens with zero attached hydrogens (tertiary/aromatic N) is 3. The predicted molar refractivity (Wildman–Crippen MR) is 68.4 cm³/mol. The molecule has 0 saturated carbocycles. The second-order valence-corrected chi connectivity index (χ2v) is 4.97. The van der Waals surface area contributed by atoms with E-state index >= 15 is 0 Å². The van der Waals surface area contributed by atoms with E-state index in [2.05, 4.69) is 22.2 Å². The Balaban J connectivity index is 2.16. The van der Waals surface area contributed by atoms with E-state index in [1.807, 2.05) is 13.8 Å². The van der Waals surface area contributed by atoms with E-state index in [9.17, 15) is 4.79 Å². The topological polar surface area (TPSA) is 50.2 Å². The highest BCUT2D eigenvalue weighted by molar-refractivity contribution is 5.33. The molecule has 1 atom stereocenters. The molecule has 1 saturated heterocycles. The van der Waals surface area contributed by atoms with Crippen LogP contribution in [0.5, 0.6) is 0 Å². The number of hydrogen-bond acceptors (Lipinski definition) is 4. The Morgan fingerprint density at radius 1 is 1.53 bits per heavy atom. The van der Waals surface area contributed by atoms with Crippen LogP contribution < -0.4 is 10.9 Å². The van der Waals surface area contributed by atoms with Gasteiger partial charge in [0.1, 0.15) is 0 Å². The van der Waals surface area contributed by atoms with Crippen molar-refractivity contribution in [2.75, 3.05) is 25.5 Å². The fraction of sp³-hybridized carbons (Fsp3) is 0.667. The van der Waals surface area contributed by atoms with Crippen LogP contribution in [0.1, 0.15) is 26.3 Å². The van der Waals surface area contributed by atoms with Crippen LogP contribution in [0.15, 0.2) is 17.2 Å². The zero-order valence-corrected chi connectivity index (χ0v) is 10.7. The van der Waals surface area contributed by atoms with Gasteiger partial charge in [-0.05, 0) is 33.9 Å². The fourth-order valence-electron chi connectivity index (χ4n) is 2.18. The summed E-state index contributed by atoms with van der Waals surface area (Å²) < 4.78 is 1.70. The van der Waals surface area contributed by atoms with Gasteiger partial charge in [0.25, 0.3) is 5.56 Å². The Morgan fingerprint density at radius 2 is 2.29 bits per heavy atom. The van der Waals surface area contributed by atoms with Crippen LogP contribution in [0, 0.1) is 0 Å². The van der Waals surface area contributed by atoms with Crippen molar-refractivity contribution in [3.8, 4) is 0 Å². The van der Waals surface area contributed by atoms with E-state index in [0.29, 0.717) is 11.9 Å². The molecule has 94 valence electrons. The van der Waals surface area contributed by atoms with Crippen molar-refractivity contribution in [1.82, 2.24) is 14.5 Å². The van der Waals surface area contributed by atoms with Crippen LogP contribution in [0.4, 0.5) is 5.82 Å². The van der Waals surface area contributed by atoms with Gasteiger partial charge in [0.15, 0.2) is 5.82 Å². The Kier molecular flexibility index (Phi) is 3.47. The number of hydrogen-bond donors (Lipinski definition) is 1. The Hall–Kier alpha value is -1.36. The third kappa shape index (κ3) is 2.66. The first-order chi connectivity index (χ1) is 8.08. The molecule has 1 unspecified atom stereocenters. The van der Waals surface area contributed by atoms with Crippen LogP contribution in [-0.2, 0) is 0 Å². The molecule has 1 fully saturated rings. The summed E-state index contributed by atoms with van der Waals surface area (Å²) in [4.78, 5) is 18.5. The molecule has 1 N–H and O–H groups in total. The Bertz CT molecular complexity index is 440. The van der Waals surface area contributed by atoms with Gasteiger partial charge in [-0.3, -0.25) is 4.79 Å². The maximum Gasteiger partial charge on any atom is 0.293 e. The average molecular weight is 236 g/mol. The van der Waals surface area contributed by atoms with E-state index in [-0.39, 0.29) is 11.6 Å². The lowest BCUT2D eigenvalue weighted by Gasteiger charge is -2.15. The molecule has 1 aromatic heterocycles. The third-order valence-corrected chi connectivity index (χ3v) is 3.16. The van der Waals surface area contributed by atoms with Crippen LogP contribution in [-0.4, -0.2) is 40.6 Å². The van der Waals surface area contributed by atoms with Gasteiger partial charge in [-0.2, -0.15) is 0 Å². The number of likely N-dealkylation sites (tertiary alicyclic amines) is 1. The van der Waals surface area contributed by atoms with Gasteiger partial charge in [0, 0.05) is 31.0 Å². The molecule has 1 aromatic rings. The van der Waals surface area contributed by atoms with E-state index in [1.165, 1.54) is 0 Å². The summed E-state index contributed by atoms with van der Waals surface area (Å²) in [5.41, 5.74) is -0.0305. The molecule has 0 aliphatic carbocycles. The summed E-state index contributed by atoms with van der Waals surface area (Å²) in [5, 5.41) is 3.25. The average Bonchev–Trinajstić information content (AvgIpc) is 2.67. The van der Waals surface area contributed by atoms with Crippen molar-refractivity contribution < 1.29 is 0 Å². The molecule has 2 rings (SSSR count). The normalized spacial score (nSPS) is 21.1. The summed E-state index contributed by atoms with van der Waals surface area (Å²) in [5.74, 6) is 0.474. The van der Waals surface area contributed by atoms with Gasteiger partial charge < -0.3 is 14.8 Å². The predicted octanol–water partition coefficient (Wildman–Crippen LogP) is 0.940. The first-order valence-corrected chi connectivity index (χ1v) is 6.10. The van der Waals surface area contributed by atoms with E-state index < -0.39 is 0 Å². The quantitative estimate of drug-likeness (QED) is 0.848. The van der Waals surface area contributed by atoms with Crippen molar-refractivity contribution in [2.24, 2.45) is 0 Å². The monoisotopic (exact) mass is 236 g/mol. The van der Waals surface area contributed by atoms with Crippen molar-refractivity contribution >= 4 is 5.82 Å².